The molecule has 0 aliphatic heterocycles. The van der Waals surface area contributed by atoms with Gasteiger partial charge in [0, 0.05) is 25.2 Å². The van der Waals surface area contributed by atoms with E-state index >= 15 is 0 Å². The number of thioether (sulfide) groups is 1. The van der Waals surface area contributed by atoms with Crippen molar-refractivity contribution in [3.63, 3.8) is 0 Å². The highest BCUT2D eigenvalue weighted by atomic mass is 32.2. The van der Waals surface area contributed by atoms with Gasteiger partial charge in [-0.1, -0.05) is 17.8 Å². The van der Waals surface area contributed by atoms with Crippen LogP contribution in [0.1, 0.15) is 11.8 Å². The summed E-state index contributed by atoms with van der Waals surface area (Å²) in [6.07, 6.45) is 1.31. The van der Waals surface area contributed by atoms with Gasteiger partial charge in [0.05, 0.1) is 16.8 Å². The Morgan fingerprint density at radius 3 is 2.67 bits per heavy atom. The van der Waals surface area contributed by atoms with Gasteiger partial charge in [0.2, 0.25) is 15.9 Å². The number of carbonyl (C=O) groups excluding carboxylic acids is 1. The molecule has 0 aromatic carbocycles. The SMILES string of the molecule is C[C@H](Sc1ccc(S(=O)(=O)N(C)C)cn1)C(=O)NCc1cccs1. The van der Waals surface area contributed by atoms with Crippen LogP contribution in [0.3, 0.4) is 0 Å². The molecule has 0 aliphatic carbocycles. The number of amides is 1. The Hall–Kier alpha value is -1.42. The summed E-state index contributed by atoms with van der Waals surface area (Å²) in [5, 5.41) is 5.12. The van der Waals surface area contributed by atoms with E-state index in [-0.39, 0.29) is 16.1 Å². The molecule has 9 heteroatoms. The highest BCUT2D eigenvalue weighted by Crippen LogP contribution is 2.23. The first-order chi connectivity index (χ1) is 11.3. The van der Waals surface area contributed by atoms with Crippen LogP contribution in [0, 0.1) is 0 Å². The second-order valence-corrected chi connectivity index (χ2v) is 9.72. The zero-order valence-electron chi connectivity index (χ0n) is 13.6. The number of nitrogens with one attached hydrogen (secondary N) is 1. The predicted octanol–water partition coefficient (Wildman–Crippen LogP) is 2.19. The van der Waals surface area contributed by atoms with Crippen LogP contribution in [0.2, 0.25) is 0 Å². The van der Waals surface area contributed by atoms with Gasteiger partial charge in [-0.05, 0) is 30.5 Å². The Morgan fingerprint density at radius 1 is 1.38 bits per heavy atom. The van der Waals surface area contributed by atoms with Crippen LogP contribution in [0.15, 0.2) is 45.8 Å². The minimum absolute atomic E-state index is 0.0832. The third kappa shape index (κ3) is 4.79. The van der Waals surface area contributed by atoms with Gasteiger partial charge in [-0.25, -0.2) is 17.7 Å². The number of hydrogen-bond acceptors (Lipinski definition) is 6. The third-order valence-electron chi connectivity index (χ3n) is 3.17. The summed E-state index contributed by atoms with van der Waals surface area (Å²) in [4.78, 5) is 17.5. The number of pyridine rings is 1. The van der Waals surface area contributed by atoms with Gasteiger partial charge in [-0.2, -0.15) is 0 Å². The topological polar surface area (TPSA) is 79.4 Å². The van der Waals surface area contributed by atoms with Crippen LogP contribution in [0.4, 0.5) is 0 Å². The fraction of sp³-hybridized carbons (Fsp3) is 0.333. The number of hydrogen-bond donors (Lipinski definition) is 1. The largest absolute Gasteiger partial charge is 0.350 e. The molecule has 2 rings (SSSR count). The first kappa shape index (κ1) is 18.9. The maximum atomic E-state index is 12.1. The molecule has 0 fully saturated rings. The van der Waals surface area contributed by atoms with Crippen molar-refractivity contribution in [1.82, 2.24) is 14.6 Å². The Morgan fingerprint density at radius 2 is 2.12 bits per heavy atom. The van der Waals surface area contributed by atoms with Gasteiger partial charge in [-0.15, -0.1) is 11.3 Å². The Kier molecular flexibility index (Phi) is 6.39. The zero-order valence-corrected chi connectivity index (χ0v) is 16.0. The number of thiophene rings is 1. The van der Waals surface area contributed by atoms with Crippen LogP contribution in [-0.4, -0.2) is 43.0 Å². The Labute approximate surface area is 150 Å². The lowest BCUT2D eigenvalue weighted by molar-refractivity contribution is -0.120. The molecule has 0 bridgehead atoms. The maximum absolute atomic E-state index is 12.1. The summed E-state index contributed by atoms with van der Waals surface area (Å²) in [6.45, 7) is 2.30. The minimum atomic E-state index is -3.49. The number of rotatable bonds is 7. The minimum Gasteiger partial charge on any atom is -0.350 e. The summed E-state index contributed by atoms with van der Waals surface area (Å²) >= 11 is 2.88. The van der Waals surface area contributed by atoms with E-state index in [1.54, 1.807) is 24.3 Å². The van der Waals surface area contributed by atoms with Crippen LogP contribution in [-0.2, 0) is 21.4 Å². The van der Waals surface area contributed by atoms with Crippen molar-refractivity contribution < 1.29 is 13.2 Å². The summed E-state index contributed by atoms with van der Waals surface area (Å²) in [5.41, 5.74) is 0. The fourth-order valence-electron chi connectivity index (χ4n) is 1.77. The predicted molar refractivity (Wildman–Crippen MR) is 96.6 cm³/mol. The first-order valence-corrected chi connectivity index (χ1v) is 10.4. The van der Waals surface area contributed by atoms with Crippen molar-refractivity contribution >= 4 is 39.0 Å². The molecule has 0 unspecified atom stereocenters. The Balaban J connectivity index is 1.94. The highest BCUT2D eigenvalue weighted by Gasteiger charge is 2.19. The van der Waals surface area contributed by atoms with Crippen molar-refractivity contribution in [3.05, 3.63) is 40.7 Å². The second-order valence-electron chi connectivity index (χ2n) is 5.18. The standard InChI is InChI=1S/C15H19N3O3S3/c1-11(15(19)17-9-12-5-4-8-22-12)23-14-7-6-13(10-16-14)24(20,21)18(2)3/h4-8,10-11H,9H2,1-3H3,(H,17,19)/t11-/m0/s1. The van der Waals surface area contributed by atoms with Gasteiger partial charge in [0.25, 0.3) is 0 Å². The van der Waals surface area contributed by atoms with E-state index in [2.05, 4.69) is 10.3 Å². The van der Waals surface area contributed by atoms with E-state index < -0.39 is 10.0 Å². The number of nitrogens with zero attached hydrogens (tertiary/aromatic N) is 2. The molecule has 0 saturated heterocycles. The van der Waals surface area contributed by atoms with Crippen LogP contribution in [0.25, 0.3) is 0 Å². The lowest BCUT2D eigenvalue weighted by atomic mass is 10.4. The van der Waals surface area contributed by atoms with Crippen LogP contribution >= 0.6 is 23.1 Å². The maximum Gasteiger partial charge on any atom is 0.244 e. The van der Waals surface area contributed by atoms with Crippen molar-refractivity contribution in [2.75, 3.05) is 14.1 Å². The summed E-state index contributed by atoms with van der Waals surface area (Å²) in [7, 11) is -0.548. The van der Waals surface area contributed by atoms with Gasteiger partial charge in [0.1, 0.15) is 4.90 Å². The summed E-state index contributed by atoms with van der Waals surface area (Å²) in [5.74, 6) is -0.0832. The van der Waals surface area contributed by atoms with Crippen LogP contribution in [0.5, 0.6) is 0 Å². The molecule has 1 N–H and O–H groups in total. The van der Waals surface area contributed by atoms with Crippen molar-refractivity contribution in [2.24, 2.45) is 0 Å². The van der Waals surface area contributed by atoms with E-state index in [1.807, 2.05) is 17.5 Å². The summed E-state index contributed by atoms with van der Waals surface area (Å²) < 4.78 is 25.1. The lowest BCUT2D eigenvalue weighted by Gasteiger charge is -2.13. The zero-order chi connectivity index (χ0) is 17.7. The van der Waals surface area contributed by atoms with Gasteiger partial charge in [-0.3, -0.25) is 4.79 Å². The average molecular weight is 386 g/mol. The van der Waals surface area contributed by atoms with E-state index in [9.17, 15) is 13.2 Å². The van der Waals surface area contributed by atoms with Crippen molar-refractivity contribution in [2.45, 2.75) is 28.6 Å². The fourth-order valence-corrected chi connectivity index (χ4v) is 4.07. The molecule has 0 saturated carbocycles. The van der Waals surface area contributed by atoms with Crippen LogP contribution < -0.4 is 5.32 Å². The third-order valence-corrected chi connectivity index (χ3v) is 6.90. The monoisotopic (exact) mass is 385 g/mol. The lowest BCUT2D eigenvalue weighted by Crippen LogP contribution is -2.30. The molecule has 0 radical (unpaired) electrons. The van der Waals surface area contributed by atoms with Crippen molar-refractivity contribution in [3.8, 4) is 0 Å². The van der Waals surface area contributed by atoms with Gasteiger partial charge in [0.15, 0.2) is 0 Å². The molecule has 0 aliphatic rings. The molecule has 1 amide bonds. The Bertz CT molecular complexity index is 772. The van der Waals surface area contributed by atoms with E-state index in [1.165, 1.54) is 38.1 Å². The molecule has 24 heavy (non-hydrogen) atoms. The van der Waals surface area contributed by atoms with Gasteiger partial charge < -0.3 is 5.32 Å². The van der Waals surface area contributed by atoms with E-state index in [0.29, 0.717) is 11.6 Å². The molecule has 6 nitrogen and oxygen atoms in total. The summed E-state index contributed by atoms with van der Waals surface area (Å²) in [6, 6.07) is 7.02. The van der Waals surface area contributed by atoms with E-state index in [4.69, 9.17) is 0 Å². The first-order valence-electron chi connectivity index (χ1n) is 7.16. The normalized spacial score (nSPS) is 13.0. The average Bonchev–Trinajstić information content (AvgIpc) is 3.06. The quantitative estimate of drug-likeness (QED) is 0.739. The molecular weight excluding hydrogens is 366 g/mol. The van der Waals surface area contributed by atoms with Gasteiger partial charge >= 0.3 is 0 Å². The second kappa shape index (κ2) is 8.11. The molecule has 2 heterocycles. The smallest absolute Gasteiger partial charge is 0.244 e. The number of sulfonamides is 1. The molecular formula is C15H19N3O3S3. The number of carbonyl (C=O) groups is 1. The molecule has 2 aromatic rings. The molecule has 0 spiro atoms. The number of aromatic nitrogens is 1. The molecule has 2 aromatic heterocycles. The highest BCUT2D eigenvalue weighted by molar-refractivity contribution is 8.00. The van der Waals surface area contributed by atoms with E-state index in [0.717, 1.165) is 9.18 Å². The molecule has 130 valence electrons. The van der Waals surface area contributed by atoms with Crippen molar-refractivity contribution in [1.29, 1.82) is 0 Å². The molecule has 1 atom stereocenters.